The molecule has 2 rings (SSSR count). The highest BCUT2D eigenvalue weighted by Gasteiger charge is 2.22. The van der Waals surface area contributed by atoms with E-state index in [1.165, 1.54) is 51.0 Å². The fourth-order valence-corrected chi connectivity index (χ4v) is 4.43. The smallest absolute Gasteiger partial charge is 0.241 e. The molecule has 1 aliphatic heterocycles. The lowest BCUT2D eigenvalue weighted by Crippen LogP contribution is -2.45. The van der Waals surface area contributed by atoms with Crippen LogP contribution in [0.3, 0.4) is 0 Å². The average molecular weight is 425 g/mol. The van der Waals surface area contributed by atoms with Gasteiger partial charge in [-0.15, -0.1) is 0 Å². The van der Waals surface area contributed by atoms with Crippen LogP contribution in [0.25, 0.3) is 0 Å². The molecule has 9 heteroatoms. The third kappa shape index (κ3) is 7.75. The van der Waals surface area contributed by atoms with Crippen molar-refractivity contribution < 1.29 is 18.0 Å². The van der Waals surface area contributed by atoms with Gasteiger partial charge in [0.25, 0.3) is 0 Å². The Morgan fingerprint density at radius 3 is 2.38 bits per heavy atom. The Bertz CT molecular complexity index is 787. The standard InChI is InChI=1S/C20H32N4O4S/c1-15-9-13-24(14-10-15)12-4-11-21-20(26)16(2)23-29(27,28)19-7-5-18(6-8-19)22-17(3)25/h5-8,15-16,23H,4,9-14H2,1-3H3,(H,21,26)(H,22,25)/t16-/m0/s1. The lowest BCUT2D eigenvalue weighted by molar-refractivity contribution is -0.122. The molecule has 0 unspecified atom stereocenters. The maximum atomic E-state index is 12.5. The number of rotatable bonds is 9. The number of nitrogens with zero attached hydrogens (tertiary/aromatic N) is 1. The van der Waals surface area contributed by atoms with Gasteiger partial charge in [-0.2, -0.15) is 4.72 Å². The molecule has 1 fully saturated rings. The molecule has 0 bridgehead atoms. The number of carbonyl (C=O) groups is 2. The van der Waals surface area contributed by atoms with Gasteiger partial charge in [-0.1, -0.05) is 6.92 Å². The molecule has 29 heavy (non-hydrogen) atoms. The molecule has 0 aliphatic carbocycles. The fraction of sp³-hybridized carbons (Fsp3) is 0.600. The number of benzene rings is 1. The van der Waals surface area contributed by atoms with Crippen LogP contribution in [0.2, 0.25) is 0 Å². The van der Waals surface area contributed by atoms with Crippen LogP contribution in [0.1, 0.15) is 40.0 Å². The second-order valence-electron chi connectivity index (χ2n) is 7.72. The maximum absolute atomic E-state index is 12.5. The fourth-order valence-electron chi connectivity index (χ4n) is 3.23. The minimum Gasteiger partial charge on any atom is -0.355 e. The maximum Gasteiger partial charge on any atom is 0.241 e. The SMILES string of the molecule is CC(=O)Nc1ccc(S(=O)(=O)N[C@@H](C)C(=O)NCCCN2CCC(C)CC2)cc1. The molecular formula is C20H32N4O4S. The van der Waals surface area contributed by atoms with Crippen LogP contribution in [-0.4, -0.2) is 57.4 Å². The third-order valence-electron chi connectivity index (χ3n) is 5.04. The normalized spacial score (nSPS) is 16.9. The van der Waals surface area contributed by atoms with E-state index in [9.17, 15) is 18.0 Å². The molecule has 162 valence electrons. The van der Waals surface area contributed by atoms with Crippen LogP contribution in [0, 0.1) is 5.92 Å². The third-order valence-corrected chi connectivity index (χ3v) is 6.59. The highest BCUT2D eigenvalue weighted by atomic mass is 32.2. The summed E-state index contributed by atoms with van der Waals surface area (Å²) >= 11 is 0. The van der Waals surface area contributed by atoms with Gasteiger partial charge in [0, 0.05) is 19.2 Å². The zero-order valence-corrected chi connectivity index (χ0v) is 18.2. The topological polar surface area (TPSA) is 108 Å². The van der Waals surface area contributed by atoms with Gasteiger partial charge >= 0.3 is 0 Å². The Labute approximate surface area is 173 Å². The highest BCUT2D eigenvalue weighted by Crippen LogP contribution is 2.16. The number of likely N-dealkylation sites (tertiary alicyclic amines) is 1. The van der Waals surface area contributed by atoms with Gasteiger partial charge in [0.05, 0.1) is 10.9 Å². The first-order chi connectivity index (χ1) is 13.7. The van der Waals surface area contributed by atoms with Crippen LogP contribution in [-0.2, 0) is 19.6 Å². The minimum absolute atomic E-state index is 0.0329. The molecule has 1 aliphatic rings. The van der Waals surface area contributed by atoms with Crippen molar-refractivity contribution in [2.45, 2.75) is 51.0 Å². The van der Waals surface area contributed by atoms with Gasteiger partial charge in [0.1, 0.15) is 0 Å². The second-order valence-corrected chi connectivity index (χ2v) is 9.43. The van der Waals surface area contributed by atoms with Crippen molar-refractivity contribution in [3.8, 4) is 0 Å². The Morgan fingerprint density at radius 1 is 1.17 bits per heavy atom. The summed E-state index contributed by atoms with van der Waals surface area (Å²) in [4.78, 5) is 25.7. The van der Waals surface area contributed by atoms with Crippen LogP contribution in [0.5, 0.6) is 0 Å². The zero-order chi connectivity index (χ0) is 21.4. The van der Waals surface area contributed by atoms with Gasteiger partial charge in [-0.25, -0.2) is 8.42 Å². The zero-order valence-electron chi connectivity index (χ0n) is 17.4. The summed E-state index contributed by atoms with van der Waals surface area (Å²) in [5.41, 5.74) is 0.505. The predicted molar refractivity (Wildman–Crippen MR) is 113 cm³/mol. The summed E-state index contributed by atoms with van der Waals surface area (Å²) in [6.45, 7) is 8.83. The van der Waals surface area contributed by atoms with Crippen LogP contribution >= 0.6 is 0 Å². The van der Waals surface area contributed by atoms with Crippen molar-refractivity contribution in [2.75, 3.05) is 31.5 Å². The number of hydrogen-bond acceptors (Lipinski definition) is 5. The first-order valence-corrected chi connectivity index (χ1v) is 11.6. The Hall–Kier alpha value is -1.97. The number of hydrogen-bond donors (Lipinski definition) is 3. The van der Waals surface area contributed by atoms with Gasteiger partial charge in [0.2, 0.25) is 21.8 Å². The molecule has 1 aromatic rings. The van der Waals surface area contributed by atoms with Gasteiger partial charge in [0.15, 0.2) is 0 Å². The number of nitrogens with one attached hydrogen (secondary N) is 3. The molecule has 0 aromatic heterocycles. The summed E-state index contributed by atoms with van der Waals surface area (Å²) in [6.07, 6.45) is 3.28. The van der Waals surface area contributed by atoms with Crippen molar-refractivity contribution in [1.82, 2.24) is 14.9 Å². The van der Waals surface area contributed by atoms with Crippen LogP contribution in [0.4, 0.5) is 5.69 Å². The first kappa shape index (κ1) is 23.3. The minimum atomic E-state index is -3.83. The van der Waals surface area contributed by atoms with E-state index in [4.69, 9.17) is 0 Å². The summed E-state index contributed by atoms with van der Waals surface area (Å²) in [7, 11) is -3.83. The summed E-state index contributed by atoms with van der Waals surface area (Å²) in [5, 5.41) is 5.37. The molecule has 0 spiro atoms. The van der Waals surface area contributed by atoms with Gasteiger partial charge in [-0.3, -0.25) is 9.59 Å². The van der Waals surface area contributed by atoms with E-state index in [-0.39, 0.29) is 16.7 Å². The van der Waals surface area contributed by atoms with E-state index in [1.807, 2.05) is 0 Å². The van der Waals surface area contributed by atoms with E-state index in [0.29, 0.717) is 12.2 Å². The molecule has 8 nitrogen and oxygen atoms in total. The lowest BCUT2D eigenvalue weighted by atomic mass is 9.99. The predicted octanol–water partition coefficient (Wildman–Crippen LogP) is 1.55. The van der Waals surface area contributed by atoms with E-state index in [2.05, 4.69) is 27.2 Å². The van der Waals surface area contributed by atoms with E-state index >= 15 is 0 Å². The van der Waals surface area contributed by atoms with Crippen molar-refractivity contribution >= 4 is 27.5 Å². The quantitative estimate of drug-likeness (QED) is 0.522. The monoisotopic (exact) mass is 424 g/mol. The van der Waals surface area contributed by atoms with Gasteiger partial charge < -0.3 is 15.5 Å². The lowest BCUT2D eigenvalue weighted by Gasteiger charge is -2.30. The summed E-state index contributed by atoms with van der Waals surface area (Å²) < 4.78 is 27.3. The van der Waals surface area contributed by atoms with E-state index < -0.39 is 16.1 Å². The van der Waals surface area contributed by atoms with E-state index in [0.717, 1.165) is 32.0 Å². The Kier molecular flexibility index (Phi) is 8.60. The number of piperidine rings is 1. The van der Waals surface area contributed by atoms with Crippen molar-refractivity contribution in [1.29, 1.82) is 0 Å². The molecule has 1 aromatic carbocycles. The van der Waals surface area contributed by atoms with Crippen LogP contribution in [0.15, 0.2) is 29.2 Å². The number of amides is 2. The molecule has 0 saturated carbocycles. The van der Waals surface area contributed by atoms with Crippen molar-refractivity contribution in [3.63, 3.8) is 0 Å². The van der Waals surface area contributed by atoms with Crippen molar-refractivity contribution in [3.05, 3.63) is 24.3 Å². The van der Waals surface area contributed by atoms with E-state index in [1.54, 1.807) is 0 Å². The highest BCUT2D eigenvalue weighted by molar-refractivity contribution is 7.89. The Balaban J connectivity index is 1.76. The molecule has 2 amide bonds. The summed E-state index contributed by atoms with van der Waals surface area (Å²) in [6, 6.07) is 4.89. The molecule has 1 heterocycles. The number of anilines is 1. The molecular weight excluding hydrogens is 392 g/mol. The molecule has 1 atom stereocenters. The number of carbonyl (C=O) groups excluding carboxylic acids is 2. The Morgan fingerprint density at radius 2 is 1.79 bits per heavy atom. The largest absolute Gasteiger partial charge is 0.355 e. The molecule has 1 saturated heterocycles. The summed E-state index contributed by atoms with van der Waals surface area (Å²) in [5.74, 6) is 0.205. The molecule has 3 N–H and O–H groups in total. The average Bonchev–Trinajstić information content (AvgIpc) is 2.66. The first-order valence-electron chi connectivity index (χ1n) is 10.1. The van der Waals surface area contributed by atoms with Crippen LogP contribution < -0.4 is 15.4 Å². The van der Waals surface area contributed by atoms with Gasteiger partial charge in [-0.05, 0) is 76.0 Å². The molecule has 0 radical (unpaired) electrons. The second kappa shape index (κ2) is 10.7. The number of sulfonamides is 1. The van der Waals surface area contributed by atoms with Crippen molar-refractivity contribution in [2.24, 2.45) is 5.92 Å².